The maximum absolute atomic E-state index is 13.3. The molecule has 0 bridgehead atoms. The highest BCUT2D eigenvalue weighted by atomic mass is 16.5. The molecule has 0 saturated carbocycles. The van der Waals surface area contributed by atoms with Gasteiger partial charge in [-0.3, -0.25) is 9.59 Å². The number of aryl methyl sites for hydroxylation is 1. The van der Waals surface area contributed by atoms with Crippen LogP contribution in [-0.4, -0.2) is 56.1 Å². The fraction of sp³-hybridized carbons (Fsp3) is 0.355. The van der Waals surface area contributed by atoms with Gasteiger partial charge in [-0.05, 0) is 73.6 Å². The van der Waals surface area contributed by atoms with Gasteiger partial charge in [-0.25, -0.2) is 0 Å². The Kier molecular flexibility index (Phi) is 7.85. The van der Waals surface area contributed by atoms with Crippen molar-refractivity contribution < 1.29 is 14.3 Å². The molecule has 3 aromatic carbocycles. The zero-order valence-electron chi connectivity index (χ0n) is 21.5. The maximum atomic E-state index is 13.3. The van der Waals surface area contributed by atoms with Gasteiger partial charge >= 0.3 is 0 Å². The second-order valence-electron chi connectivity index (χ2n) is 10.1. The lowest BCUT2D eigenvalue weighted by atomic mass is 9.90. The lowest BCUT2D eigenvalue weighted by molar-refractivity contribution is 0.0690. The molecule has 0 aromatic heterocycles. The van der Waals surface area contributed by atoms with Crippen molar-refractivity contribution in [2.45, 2.75) is 26.2 Å². The standard InChI is InChI=1S/C31H35N3O3/c1-23-10-11-27(31(36)34-14-12-25(13-15-34)20-24-6-3-2-4-7-24)22-29(23)32-30(35)26-8-5-9-28(21-26)33-16-18-37-19-17-33/h2-11,21-22,25H,12-20H2,1H3,(H,32,35). The van der Waals surface area contributed by atoms with Crippen LogP contribution >= 0.6 is 0 Å². The number of benzene rings is 3. The van der Waals surface area contributed by atoms with Crippen LogP contribution in [0.15, 0.2) is 72.8 Å². The van der Waals surface area contributed by atoms with Gasteiger partial charge in [-0.2, -0.15) is 0 Å². The van der Waals surface area contributed by atoms with Gasteiger partial charge in [-0.15, -0.1) is 0 Å². The van der Waals surface area contributed by atoms with Crippen molar-refractivity contribution in [2.75, 3.05) is 49.6 Å². The van der Waals surface area contributed by atoms with Gasteiger partial charge in [0, 0.05) is 48.7 Å². The number of amides is 2. The lowest BCUT2D eigenvalue weighted by Crippen LogP contribution is -2.39. The Morgan fingerprint density at radius 3 is 2.38 bits per heavy atom. The molecule has 6 heteroatoms. The summed E-state index contributed by atoms with van der Waals surface area (Å²) in [5.74, 6) is 0.458. The van der Waals surface area contributed by atoms with E-state index in [1.807, 2.05) is 60.4 Å². The first kappa shape index (κ1) is 25.0. The van der Waals surface area contributed by atoms with Crippen LogP contribution in [-0.2, 0) is 11.2 Å². The third-order valence-corrected chi connectivity index (χ3v) is 7.49. The Morgan fingerprint density at radius 1 is 0.865 bits per heavy atom. The minimum Gasteiger partial charge on any atom is -0.378 e. The van der Waals surface area contributed by atoms with E-state index in [1.54, 1.807) is 0 Å². The van der Waals surface area contributed by atoms with Crippen molar-refractivity contribution in [1.82, 2.24) is 4.90 Å². The summed E-state index contributed by atoms with van der Waals surface area (Å²) >= 11 is 0. The van der Waals surface area contributed by atoms with E-state index >= 15 is 0 Å². The largest absolute Gasteiger partial charge is 0.378 e. The van der Waals surface area contributed by atoms with Crippen LogP contribution in [0, 0.1) is 12.8 Å². The first-order valence-corrected chi connectivity index (χ1v) is 13.2. The summed E-state index contributed by atoms with van der Waals surface area (Å²) in [6.45, 7) is 6.50. The monoisotopic (exact) mass is 497 g/mol. The van der Waals surface area contributed by atoms with Gasteiger partial charge in [0.15, 0.2) is 0 Å². The normalized spacial score (nSPS) is 16.5. The molecular weight excluding hydrogens is 462 g/mol. The number of hydrogen-bond acceptors (Lipinski definition) is 4. The summed E-state index contributed by atoms with van der Waals surface area (Å²) in [6, 6.07) is 23.8. The zero-order chi connectivity index (χ0) is 25.6. The summed E-state index contributed by atoms with van der Waals surface area (Å²) < 4.78 is 5.44. The number of ether oxygens (including phenoxy) is 1. The smallest absolute Gasteiger partial charge is 0.255 e. The fourth-order valence-electron chi connectivity index (χ4n) is 5.22. The first-order valence-electron chi connectivity index (χ1n) is 13.2. The van der Waals surface area contributed by atoms with Crippen molar-refractivity contribution >= 4 is 23.2 Å². The topological polar surface area (TPSA) is 61.9 Å². The first-order chi connectivity index (χ1) is 18.1. The third kappa shape index (κ3) is 6.20. The second-order valence-corrected chi connectivity index (χ2v) is 10.1. The van der Waals surface area contributed by atoms with Gasteiger partial charge in [0.2, 0.25) is 0 Å². The van der Waals surface area contributed by atoms with Crippen LogP contribution in [0.5, 0.6) is 0 Å². The molecule has 0 radical (unpaired) electrons. The van der Waals surface area contributed by atoms with Crippen LogP contribution in [0.3, 0.4) is 0 Å². The minimum absolute atomic E-state index is 0.0305. The van der Waals surface area contributed by atoms with Gasteiger partial charge < -0.3 is 19.9 Å². The molecule has 2 aliphatic heterocycles. The van der Waals surface area contributed by atoms with Gasteiger partial charge in [0.1, 0.15) is 0 Å². The van der Waals surface area contributed by atoms with Gasteiger partial charge in [0.05, 0.1) is 13.2 Å². The predicted molar refractivity (Wildman–Crippen MR) is 147 cm³/mol. The van der Waals surface area contributed by atoms with E-state index < -0.39 is 0 Å². The molecule has 0 unspecified atom stereocenters. The molecule has 2 saturated heterocycles. The predicted octanol–water partition coefficient (Wildman–Crippen LogP) is 5.18. The van der Waals surface area contributed by atoms with E-state index in [1.165, 1.54) is 5.56 Å². The van der Waals surface area contributed by atoms with Crippen molar-refractivity contribution in [1.29, 1.82) is 0 Å². The van der Waals surface area contributed by atoms with Crippen molar-refractivity contribution in [3.8, 4) is 0 Å². The number of hydrogen-bond donors (Lipinski definition) is 1. The second kappa shape index (κ2) is 11.6. The van der Waals surface area contributed by atoms with Gasteiger partial charge in [-0.1, -0.05) is 42.5 Å². The van der Waals surface area contributed by atoms with Crippen molar-refractivity contribution in [3.63, 3.8) is 0 Å². The Balaban J connectivity index is 1.22. The molecule has 2 amide bonds. The number of nitrogens with zero attached hydrogens (tertiary/aromatic N) is 2. The van der Waals surface area contributed by atoms with Crippen LogP contribution in [0.25, 0.3) is 0 Å². The molecule has 37 heavy (non-hydrogen) atoms. The highest BCUT2D eigenvalue weighted by Gasteiger charge is 2.24. The van der Waals surface area contributed by atoms with E-state index in [0.717, 1.165) is 56.7 Å². The maximum Gasteiger partial charge on any atom is 0.255 e. The Bertz CT molecular complexity index is 1230. The highest BCUT2D eigenvalue weighted by molar-refractivity contribution is 6.06. The van der Waals surface area contributed by atoms with Crippen molar-refractivity contribution in [2.24, 2.45) is 5.92 Å². The summed E-state index contributed by atoms with van der Waals surface area (Å²) in [5, 5.41) is 3.04. The third-order valence-electron chi connectivity index (χ3n) is 7.49. The van der Waals surface area contributed by atoms with E-state index in [0.29, 0.717) is 35.9 Å². The number of carbonyl (C=O) groups excluding carboxylic acids is 2. The van der Waals surface area contributed by atoms with Crippen LogP contribution in [0.2, 0.25) is 0 Å². The SMILES string of the molecule is Cc1ccc(C(=O)N2CCC(Cc3ccccc3)CC2)cc1NC(=O)c1cccc(N2CCOCC2)c1. The van der Waals surface area contributed by atoms with Crippen LogP contribution in [0.1, 0.15) is 44.7 Å². The number of nitrogens with one attached hydrogen (secondary N) is 1. The van der Waals surface area contributed by atoms with Crippen molar-refractivity contribution in [3.05, 3.63) is 95.1 Å². The summed E-state index contributed by atoms with van der Waals surface area (Å²) in [6.07, 6.45) is 3.08. The molecule has 5 rings (SSSR count). The molecule has 2 aliphatic rings. The number of carbonyl (C=O) groups is 2. The lowest BCUT2D eigenvalue weighted by Gasteiger charge is -2.32. The van der Waals surface area contributed by atoms with Gasteiger partial charge in [0.25, 0.3) is 11.8 Å². The highest BCUT2D eigenvalue weighted by Crippen LogP contribution is 2.25. The number of rotatable bonds is 6. The Labute approximate surface area is 219 Å². The van der Waals surface area contributed by atoms with E-state index in [9.17, 15) is 9.59 Å². The van der Waals surface area contributed by atoms with E-state index in [2.05, 4.69) is 34.5 Å². The summed E-state index contributed by atoms with van der Waals surface area (Å²) in [7, 11) is 0. The average Bonchev–Trinajstić information content (AvgIpc) is 2.95. The number of anilines is 2. The molecule has 0 aliphatic carbocycles. The van der Waals surface area contributed by atoms with Crippen LogP contribution < -0.4 is 10.2 Å². The quantitative estimate of drug-likeness (QED) is 0.510. The molecule has 1 N–H and O–H groups in total. The molecule has 2 fully saturated rings. The Morgan fingerprint density at radius 2 is 1.62 bits per heavy atom. The van der Waals surface area contributed by atoms with E-state index in [-0.39, 0.29) is 11.8 Å². The zero-order valence-corrected chi connectivity index (χ0v) is 21.5. The Hall–Kier alpha value is -3.64. The molecule has 0 spiro atoms. The summed E-state index contributed by atoms with van der Waals surface area (Å²) in [5.41, 5.74) is 5.20. The molecular formula is C31H35N3O3. The fourth-order valence-corrected chi connectivity index (χ4v) is 5.22. The summed E-state index contributed by atoms with van der Waals surface area (Å²) in [4.78, 5) is 30.6. The molecule has 192 valence electrons. The molecule has 2 heterocycles. The average molecular weight is 498 g/mol. The van der Waals surface area contributed by atoms with Crippen LogP contribution in [0.4, 0.5) is 11.4 Å². The number of morpholine rings is 1. The number of likely N-dealkylation sites (tertiary alicyclic amines) is 1. The molecule has 0 atom stereocenters. The molecule has 3 aromatic rings. The molecule has 6 nitrogen and oxygen atoms in total. The van der Waals surface area contributed by atoms with E-state index in [4.69, 9.17) is 4.74 Å². The minimum atomic E-state index is -0.176. The number of piperidine rings is 1.